The number of rotatable bonds is 3. The number of hydrogen-bond donors (Lipinski definition) is 0. The van der Waals surface area contributed by atoms with E-state index in [1.807, 2.05) is 0 Å². The smallest absolute Gasteiger partial charge is 0.193 e. The Morgan fingerprint density at radius 3 is 2.11 bits per heavy atom. The maximum absolute atomic E-state index is 10.4. The summed E-state index contributed by atoms with van der Waals surface area (Å²) < 4.78 is 25.1. The van der Waals surface area contributed by atoms with E-state index >= 15 is 0 Å². The zero-order chi connectivity index (χ0) is 7.49. The molecule has 0 atom stereocenters. The third kappa shape index (κ3) is 4.14. The molecular weight excluding hydrogens is 142 g/mol. The first-order valence-corrected chi connectivity index (χ1v) is 3.69. The zero-order valence-electron chi connectivity index (χ0n) is 5.36. The van der Waals surface area contributed by atoms with Crippen LogP contribution in [0.5, 0.6) is 0 Å². The molecule has 0 spiro atoms. The van der Waals surface area contributed by atoms with E-state index < -0.39 is 10.1 Å². The molecule has 0 aromatic carbocycles. The minimum absolute atomic E-state index is 0.743. The highest BCUT2D eigenvalue weighted by Gasteiger charge is 2.04. The lowest BCUT2D eigenvalue weighted by Crippen LogP contribution is -2.16. The maximum atomic E-state index is 10.4. The molecule has 0 unspecified atom stereocenters. The Bertz CT molecular complexity index is 182. The van der Waals surface area contributed by atoms with Gasteiger partial charge in [0.15, 0.2) is 0 Å². The number of nitrogens with zero attached hydrogens (tertiary/aromatic N) is 1. The van der Waals surface area contributed by atoms with Crippen LogP contribution in [0.15, 0.2) is 12.0 Å². The Labute approximate surface area is 54.8 Å². The van der Waals surface area contributed by atoms with Crippen molar-refractivity contribution in [3.05, 3.63) is 12.0 Å². The average Bonchev–Trinajstić information content (AvgIpc) is 1.63. The van der Waals surface area contributed by atoms with Gasteiger partial charge in [0.1, 0.15) is 0 Å². The average molecular weight is 151 g/mol. The molecule has 54 valence electrons. The first kappa shape index (κ1) is 8.61. The Morgan fingerprint density at radius 1 is 1.56 bits per heavy atom. The predicted molar refractivity (Wildman–Crippen MR) is 33.9 cm³/mol. The van der Waals surface area contributed by atoms with Gasteiger partial charge in [0, 0.05) is 14.1 Å². The van der Waals surface area contributed by atoms with Crippen LogP contribution in [0.25, 0.3) is 0 Å². The van der Waals surface area contributed by atoms with E-state index in [-0.39, 0.29) is 0 Å². The number of hydroxylamine groups is 2. The molecule has 0 amide bonds. The van der Waals surface area contributed by atoms with Gasteiger partial charge in [0.05, 0.1) is 5.41 Å². The van der Waals surface area contributed by atoms with Crippen LogP contribution in [0.1, 0.15) is 0 Å². The van der Waals surface area contributed by atoms with Gasteiger partial charge in [-0.1, -0.05) is 6.58 Å². The van der Waals surface area contributed by atoms with Crippen LogP contribution in [-0.2, 0) is 14.4 Å². The quantitative estimate of drug-likeness (QED) is 0.531. The molecule has 0 aliphatic rings. The van der Waals surface area contributed by atoms with Gasteiger partial charge in [0.25, 0.3) is 0 Å². The van der Waals surface area contributed by atoms with E-state index in [9.17, 15) is 8.42 Å². The summed E-state index contributed by atoms with van der Waals surface area (Å²) in [4.78, 5) is 0. The van der Waals surface area contributed by atoms with Crippen molar-refractivity contribution in [1.29, 1.82) is 0 Å². The summed E-state index contributed by atoms with van der Waals surface area (Å²) in [5.74, 6) is 0. The van der Waals surface area contributed by atoms with Gasteiger partial charge in [-0.25, -0.2) is 0 Å². The second-order valence-electron chi connectivity index (χ2n) is 1.55. The first-order valence-electron chi connectivity index (χ1n) is 2.22. The second kappa shape index (κ2) is 2.95. The minimum Gasteiger partial charge on any atom is -0.193 e. The molecular formula is C4H9NO3S. The van der Waals surface area contributed by atoms with E-state index in [0.717, 1.165) is 10.5 Å². The lowest BCUT2D eigenvalue weighted by Gasteiger charge is -2.05. The van der Waals surface area contributed by atoms with E-state index in [1.165, 1.54) is 14.1 Å². The summed E-state index contributed by atoms with van der Waals surface area (Å²) in [5.41, 5.74) is 0. The van der Waals surface area contributed by atoms with Crippen molar-refractivity contribution in [3.8, 4) is 0 Å². The highest BCUT2D eigenvalue weighted by Crippen LogP contribution is 1.93. The lowest BCUT2D eigenvalue weighted by molar-refractivity contribution is 0.00730. The van der Waals surface area contributed by atoms with Crippen molar-refractivity contribution in [1.82, 2.24) is 5.06 Å². The van der Waals surface area contributed by atoms with Gasteiger partial charge in [-0.15, -0.1) is 0 Å². The fourth-order valence-electron chi connectivity index (χ4n) is 0.238. The van der Waals surface area contributed by atoms with Crippen LogP contribution < -0.4 is 0 Å². The van der Waals surface area contributed by atoms with Crippen LogP contribution >= 0.6 is 0 Å². The molecule has 0 radical (unpaired) electrons. The van der Waals surface area contributed by atoms with Crippen LogP contribution in [-0.4, -0.2) is 27.6 Å². The first-order chi connectivity index (χ1) is 3.98. The highest BCUT2D eigenvalue weighted by atomic mass is 32.2. The molecule has 0 aliphatic heterocycles. The third-order valence-electron chi connectivity index (χ3n) is 0.457. The zero-order valence-corrected chi connectivity index (χ0v) is 6.18. The summed E-state index contributed by atoms with van der Waals surface area (Å²) in [5, 5.41) is 1.82. The standard InChI is InChI=1S/C4H9NO3S/c1-4-9(6,7)8-5(2)3/h4H,1H2,2-3H3. The van der Waals surface area contributed by atoms with Crippen molar-refractivity contribution >= 4 is 10.1 Å². The third-order valence-corrected chi connectivity index (χ3v) is 1.37. The molecule has 0 aromatic heterocycles. The van der Waals surface area contributed by atoms with Crippen LogP contribution in [0.3, 0.4) is 0 Å². The Kier molecular flexibility index (Phi) is 2.83. The van der Waals surface area contributed by atoms with E-state index in [2.05, 4.69) is 10.9 Å². The van der Waals surface area contributed by atoms with Crippen LogP contribution in [0.4, 0.5) is 0 Å². The molecule has 4 nitrogen and oxygen atoms in total. The van der Waals surface area contributed by atoms with Gasteiger partial charge in [0.2, 0.25) is 0 Å². The van der Waals surface area contributed by atoms with Crippen LogP contribution in [0, 0.1) is 0 Å². The lowest BCUT2D eigenvalue weighted by atomic mass is 11.2. The fraction of sp³-hybridized carbons (Fsp3) is 0.500. The molecule has 0 aromatic rings. The summed E-state index contributed by atoms with van der Waals surface area (Å²) in [6.07, 6.45) is 0. The van der Waals surface area contributed by atoms with Crippen molar-refractivity contribution in [2.75, 3.05) is 14.1 Å². The van der Waals surface area contributed by atoms with Gasteiger partial charge in [-0.3, -0.25) is 0 Å². The molecule has 9 heavy (non-hydrogen) atoms. The molecule has 5 heteroatoms. The Hall–Kier alpha value is -0.390. The van der Waals surface area contributed by atoms with Gasteiger partial charge in [-0.2, -0.15) is 17.8 Å². The fourth-order valence-corrected chi connectivity index (χ4v) is 0.715. The maximum Gasteiger partial charge on any atom is 0.305 e. The summed E-state index contributed by atoms with van der Waals surface area (Å²) >= 11 is 0. The normalized spacial score (nSPS) is 11.9. The molecule has 0 heterocycles. The predicted octanol–water partition coefficient (Wildman–Crippen LogP) is -0.0471. The summed E-state index contributed by atoms with van der Waals surface area (Å²) in [7, 11) is -0.582. The molecule has 0 N–H and O–H groups in total. The van der Waals surface area contributed by atoms with E-state index in [4.69, 9.17) is 0 Å². The largest absolute Gasteiger partial charge is 0.305 e. The SMILES string of the molecule is C=CS(=O)(=O)ON(C)C. The van der Waals surface area contributed by atoms with Crippen molar-refractivity contribution in [2.45, 2.75) is 0 Å². The Morgan fingerprint density at radius 2 is 2.00 bits per heavy atom. The molecule has 0 bridgehead atoms. The minimum atomic E-state index is -3.53. The van der Waals surface area contributed by atoms with Gasteiger partial charge in [-0.05, 0) is 0 Å². The second-order valence-corrected chi connectivity index (χ2v) is 3.01. The van der Waals surface area contributed by atoms with Crippen molar-refractivity contribution < 1.29 is 12.7 Å². The summed E-state index contributed by atoms with van der Waals surface area (Å²) in [6, 6.07) is 0. The number of hydrogen-bond acceptors (Lipinski definition) is 4. The molecule has 0 saturated carbocycles. The molecule has 0 rings (SSSR count). The van der Waals surface area contributed by atoms with Crippen molar-refractivity contribution in [2.24, 2.45) is 0 Å². The Balaban J connectivity index is 4.05. The van der Waals surface area contributed by atoms with Gasteiger partial charge >= 0.3 is 10.1 Å². The topological polar surface area (TPSA) is 46.6 Å². The monoisotopic (exact) mass is 151 g/mol. The van der Waals surface area contributed by atoms with E-state index in [1.54, 1.807) is 0 Å². The van der Waals surface area contributed by atoms with Crippen molar-refractivity contribution in [3.63, 3.8) is 0 Å². The molecule has 0 aliphatic carbocycles. The molecule has 0 fully saturated rings. The summed E-state index contributed by atoms with van der Waals surface area (Å²) in [6.45, 7) is 3.05. The van der Waals surface area contributed by atoms with Crippen LogP contribution in [0.2, 0.25) is 0 Å². The molecule has 0 saturated heterocycles. The van der Waals surface area contributed by atoms with Gasteiger partial charge < -0.3 is 0 Å². The highest BCUT2D eigenvalue weighted by molar-refractivity contribution is 7.89. The van der Waals surface area contributed by atoms with E-state index in [0.29, 0.717) is 0 Å².